The molecule has 4 nitrogen and oxygen atoms in total. The van der Waals surface area contributed by atoms with Gasteiger partial charge in [-0.2, -0.15) is 5.26 Å². The van der Waals surface area contributed by atoms with Gasteiger partial charge in [0.2, 0.25) is 0 Å². The SMILES string of the molecule is CCN(CC1CCCO1)CC(N)(C#N)C1CC1. The number of nitrogens with zero attached hydrogens (tertiary/aromatic N) is 2. The lowest BCUT2D eigenvalue weighted by atomic mass is 9.95. The summed E-state index contributed by atoms with van der Waals surface area (Å²) in [6.45, 7) is 5.55. The minimum atomic E-state index is -0.644. The van der Waals surface area contributed by atoms with E-state index in [-0.39, 0.29) is 0 Å². The van der Waals surface area contributed by atoms with Crippen LogP contribution in [0.4, 0.5) is 0 Å². The van der Waals surface area contributed by atoms with E-state index in [1.165, 1.54) is 0 Å². The van der Waals surface area contributed by atoms with Crippen molar-refractivity contribution in [2.75, 3.05) is 26.2 Å². The van der Waals surface area contributed by atoms with Gasteiger partial charge < -0.3 is 10.5 Å². The van der Waals surface area contributed by atoms with Gasteiger partial charge in [0.15, 0.2) is 0 Å². The number of likely N-dealkylation sites (N-methyl/N-ethyl adjacent to an activating group) is 1. The number of nitriles is 1. The Labute approximate surface area is 104 Å². The summed E-state index contributed by atoms with van der Waals surface area (Å²) in [5, 5.41) is 9.27. The van der Waals surface area contributed by atoms with Gasteiger partial charge in [-0.05, 0) is 38.1 Å². The van der Waals surface area contributed by atoms with Crippen molar-refractivity contribution < 1.29 is 4.74 Å². The monoisotopic (exact) mass is 237 g/mol. The van der Waals surface area contributed by atoms with Crippen molar-refractivity contribution in [2.24, 2.45) is 11.7 Å². The van der Waals surface area contributed by atoms with Crippen LogP contribution in [0.5, 0.6) is 0 Å². The molecule has 1 saturated carbocycles. The normalized spacial score (nSPS) is 28.0. The molecular weight excluding hydrogens is 214 g/mol. The third kappa shape index (κ3) is 3.19. The van der Waals surface area contributed by atoms with Gasteiger partial charge in [0.25, 0.3) is 0 Å². The van der Waals surface area contributed by atoms with Crippen LogP contribution in [0, 0.1) is 17.2 Å². The molecule has 2 fully saturated rings. The molecule has 4 heteroatoms. The van der Waals surface area contributed by atoms with Gasteiger partial charge in [0.1, 0.15) is 5.54 Å². The zero-order chi connectivity index (χ0) is 12.3. The smallest absolute Gasteiger partial charge is 0.119 e. The molecule has 0 bridgehead atoms. The molecule has 0 spiro atoms. The third-order valence-corrected chi connectivity index (χ3v) is 3.93. The van der Waals surface area contributed by atoms with Crippen LogP contribution in [0.3, 0.4) is 0 Å². The summed E-state index contributed by atoms with van der Waals surface area (Å²) in [6, 6.07) is 2.33. The summed E-state index contributed by atoms with van der Waals surface area (Å²) in [5.41, 5.74) is 5.57. The Kier molecular flexibility index (Phi) is 4.03. The Bertz CT molecular complexity index is 292. The molecule has 2 N–H and O–H groups in total. The highest BCUT2D eigenvalue weighted by atomic mass is 16.5. The molecule has 0 aromatic carbocycles. The van der Waals surface area contributed by atoms with Crippen molar-refractivity contribution in [3.63, 3.8) is 0 Å². The third-order valence-electron chi connectivity index (χ3n) is 3.93. The number of rotatable bonds is 6. The van der Waals surface area contributed by atoms with Crippen LogP contribution in [0.2, 0.25) is 0 Å². The van der Waals surface area contributed by atoms with Crippen LogP contribution in [-0.4, -0.2) is 42.8 Å². The van der Waals surface area contributed by atoms with E-state index in [4.69, 9.17) is 10.5 Å². The van der Waals surface area contributed by atoms with Gasteiger partial charge in [-0.15, -0.1) is 0 Å². The lowest BCUT2D eigenvalue weighted by molar-refractivity contribution is 0.0688. The zero-order valence-electron chi connectivity index (χ0n) is 10.7. The maximum absolute atomic E-state index is 9.27. The largest absolute Gasteiger partial charge is 0.377 e. The Morgan fingerprint density at radius 1 is 1.47 bits per heavy atom. The Hall–Kier alpha value is -0.630. The summed E-state index contributed by atoms with van der Waals surface area (Å²) in [7, 11) is 0. The summed E-state index contributed by atoms with van der Waals surface area (Å²) in [4.78, 5) is 2.28. The van der Waals surface area contributed by atoms with Crippen LogP contribution >= 0.6 is 0 Å². The van der Waals surface area contributed by atoms with E-state index in [2.05, 4.69) is 17.9 Å². The minimum absolute atomic E-state index is 0.345. The number of hydrogen-bond acceptors (Lipinski definition) is 4. The molecule has 2 atom stereocenters. The Morgan fingerprint density at radius 3 is 2.71 bits per heavy atom. The van der Waals surface area contributed by atoms with Gasteiger partial charge in [-0.1, -0.05) is 6.92 Å². The average Bonchev–Trinajstić information content (AvgIpc) is 3.08. The van der Waals surface area contributed by atoms with Crippen LogP contribution < -0.4 is 5.73 Å². The highest BCUT2D eigenvalue weighted by molar-refractivity contribution is 5.14. The van der Waals surface area contributed by atoms with E-state index < -0.39 is 5.54 Å². The second-order valence-electron chi connectivity index (χ2n) is 5.39. The van der Waals surface area contributed by atoms with Crippen LogP contribution in [-0.2, 0) is 4.74 Å². The van der Waals surface area contributed by atoms with E-state index in [1.807, 2.05) is 0 Å². The van der Waals surface area contributed by atoms with Gasteiger partial charge in [-0.25, -0.2) is 0 Å². The average molecular weight is 237 g/mol. The van der Waals surface area contributed by atoms with Crippen molar-refractivity contribution in [1.82, 2.24) is 4.90 Å². The second kappa shape index (κ2) is 5.34. The van der Waals surface area contributed by atoms with E-state index in [1.54, 1.807) is 0 Å². The molecule has 1 aliphatic heterocycles. The zero-order valence-corrected chi connectivity index (χ0v) is 10.7. The van der Waals surface area contributed by atoms with Gasteiger partial charge in [0.05, 0.1) is 12.2 Å². The van der Waals surface area contributed by atoms with Crippen molar-refractivity contribution in [3.8, 4) is 6.07 Å². The van der Waals surface area contributed by atoms with Crippen LogP contribution in [0.15, 0.2) is 0 Å². The van der Waals surface area contributed by atoms with Gasteiger partial charge >= 0.3 is 0 Å². The number of hydrogen-bond donors (Lipinski definition) is 1. The molecule has 1 saturated heterocycles. The molecule has 1 heterocycles. The number of ether oxygens (including phenoxy) is 1. The molecule has 96 valence electrons. The maximum atomic E-state index is 9.27. The number of nitrogens with two attached hydrogens (primary N) is 1. The van der Waals surface area contributed by atoms with Crippen LogP contribution in [0.1, 0.15) is 32.6 Å². The minimum Gasteiger partial charge on any atom is -0.377 e. The molecule has 2 rings (SSSR count). The van der Waals surface area contributed by atoms with Crippen molar-refractivity contribution >= 4 is 0 Å². The fraction of sp³-hybridized carbons (Fsp3) is 0.923. The predicted octanol–water partition coefficient (Wildman–Crippen LogP) is 1.12. The van der Waals surface area contributed by atoms with Crippen molar-refractivity contribution in [1.29, 1.82) is 5.26 Å². The topological polar surface area (TPSA) is 62.3 Å². The van der Waals surface area contributed by atoms with Crippen LogP contribution in [0.25, 0.3) is 0 Å². The first kappa shape index (κ1) is 12.8. The Morgan fingerprint density at radius 2 is 2.24 bits per heavy atom. The lowest BCUT2D eigenvalue weighted by Gasteiger charge is -2.31. The molecule has 17 heavy (non-hydrogen) atoms. The van der Waals surface area contributed by atoms with Crippen molar-refractivity contribution in [2.45, 2.75) is 44.2 Å². The molecule has 0 amide bonds. The van der Waals surface area contributed by atoms with Gasteiger partial charge in [-0.3, -0.25) is 4.90 Å². The van der Waals surface area contributed by atoms with Gasteiger partial charge in [0, 0.05) is 19.7 Å². The fourth-order valence-corrected chi connectivity index (χ4v) is 2.61. The molecule has 2 unspecified atom stereocenters. The first-order chi connectivity index (χ1) is 8.18. The quantitative estimate of drug-likeness (QED) is 0.752. The summed E-state index contributed by atoms with van der Waals surface area (Å²) < 4.78 is 5.64. The van der Waals surface area contributed by atoms with E-state index in [0.717, 1.165) is 45.4 Å². The van der Waals surface area contributed by atoms with E-state index in [0.29, 0.717) is 18.6 Å². The maximum Gasteiger partial charge on any atom is 0.119 e. The predicted molar refractivity (Wildman–Crippen MR) is 66.3 cm³/mol. The highest BCUT2D eigenvalue weighted by Crippen LogP contribution is 2.38. The molecule has 2 aliphatic rings. The lowest BCUT2D eigenvalue weighted by Crippen LogP contribution is -2.52. The molecular formula is C13H23N3O. The van der Waals surface area contributed by atoms with E-state index >= 15 is 0 Å². The first-order valence-corrected chi connectivity index (χ1v) is 6.72. The summed E-state index contributed by atoms with van der Waals surface area (Å²) in [6.07, 6.45) is 4.88. The van der Waals surface area contributed by atoms with E-state index in [9.17, 15) is 5.26 Å². The standard InChI is InChI=1S/C13H23N3O/c1-2-16(8-12-4-3-7-17-12)10-13(15,9-14)11-5-6-11/h11-12H,2-8,10,15H2,1H3. The van der Waals surface area contributed by atoms with Crippen molar-refractivity contribution in [3.05, 3.63) is 0 Å². The molecule has 0 radical (unpaired) electrons. The second-order valence-corrected chi connectivity index (χ2v) is 5.39. The molecule has 1 aliphatic carbocycles. The summed E-state index contributed by atoms with van der Waals surface area (Å²) >= 11 is 0. The molecule has 0 aromatic rings. The summed E-state index contributed by atoms with van der Waals surface area (Å²) in [5.74, 6) is 0.408. The fourth-order valence-electron chi connectivity index (χ4n) is 2.61. The Balaban J connectivity index is 1.87. The molecule has 0 aromatic heterocycles. The highest BCUT2D eigenvalue weighted by Gasteiger charge is 2.43. The first-order valence-electron chi connectivity index (χ1n) is 6.72.